The minimum Gasteiger partial charge on any atom is -0.354 e. The number of allylic oxidation sites excluding steroid dienone is 5. The number of H-pyrrole nitrogens is 1. The lowest BCUT2D eigenvalue weighted by Gasteiger charge is -2.13. The van der Waals surface area contributed by atoms with E-state index in [0.29, 0.717) is 5.03 Å². The average molecular weight is 433 g/mol. The molecule has 1 N–H and O–H groups in total. The summed E-state index contributed by atoms with van der Waals surface area (Å²) in [6.45, 7) is 6.09. The number of hydrogen-bond acceptors (Lipinski definition) is 0. The van der Waals surface area contributed by atoms with Gasteiger partial charge in [-0.25, -0.2) is 0 Å². The van der Waals surface area contributed by atoms with Crippen molar-refractivity contribution in [1.29, 1.82) is 0 Å². The van der Waals surface area contributed by atoms with Crippen molar-refractivity contribution in [2.24, 2.45) is 0 Å². The molecule has 0 saturated heterocycles. The van der Waals surface area contributed by atoms with Gasteiger partial charge >= 0.3 is 0 Å². The van der Waals surface area contributed by atoms with Crippen LogP contribution in [-0.2, 0) is 0 Å². The molecular weight excluding hydrogens is 412 g/mol. The first-order valence-electron chi connectivity index (χ1n) is 10.7. The Labute approximate surface area is 190 Å². The van der Waals surface area contributed by atoms with Crippen molar-refractivity contribution in [2.75, 3.05) is 0 Å². The zero-order valence-electron chi connectivity index (χ0n) is 17.7. The Morgan fingerprint density at radius 1 is 0.875 bits per heavy atom. The molecule has 0 aliphatic rings. The van der Waals surface area contributed by atoms with E-state index in [0.717, 1.165) is 27.8 Å². The first kappa shape index (κ1) is 19.0. The van der Waals surface area contributed by atoms with Gasteiger partial charge in [0, 0.05) is 32.4 Å². The molecule has 0 aliphatic heterocycles. The molecule has 0 fully saturated rings. The van der Waals surface area contributed by atoms with Crippen molar-refractivity contribution in [3.63, 3.8) is 0 Å². The smallest absolute Gasteiger partial charge is 0.0642 e. The third-order valence-electron chi connectivity index (χ3n) is 6.26. The molecule has 3 heteroatoms. The molecule has 2 nitrogen and oxygen atoms in total. The fourth-order valence-electron chi connectivity index (χ4n) is 4.91. The number of nitrogens with one attached hydrogen (secondary N) is 1. The Morgan fingerprint density at radius 3 is 2.38 bits per heavy atom. The van der Waals surface area contributed by atoms with Gasteiger partial charge < -0.3 is 9.55 Å². The Bertz CT molecular complexity index is 1750. The third kappa shape index (κ3) is 2.60. The molecule has 2 heterocycles. The van der Waals surface area contributed by atoms with E-state index in [1.807, 2.05) is 25.2 Å². The molecule has 154 valence electrons. The molecule has 0 atom stereocenters. The van der Waals surface area contributed by atoms with Crippen LogP contribution in [0.4, 0.5) is 0 Å². The summed E-state index contributed by atoms with van der Waals surface area (Å²) in [6.07, 6.45) is 6.04. The van der Waals surface area contributed by atoms with Gasteiger partial charge in [-0.1, -0.05) is 91.0 Å². The molecular formula is C29H21ClN2. The summed E-state index contributed by atoms with van der Waals surface area (Å²) >= 11 is 6.58. The van der Waals surface area contributed by atoms with Crippen molar-refractivity contribution in [2.45, 2.75) is 6.92 Å². The maximum absolute atomic E-state index is 6.58. The minimum atomic E-state index is 0.506. The summed E-state index contributed by atoms with van der Waals surface area (Å²) in [5.41, 5.74) is 5.40. The molecule has 0 amide bonds. The summed E-state index contributed by atoms with van der Waals surface area (Å²) in [6, 6.07) is 25.8. The Kier molecular flexibility index (Phi) is 4.24. The van der Waals surface area contributed by atoms with E-state index in [2.05, 4.69) is 88.9 Å². The number of para-hydroxylation sites is 2. The second-order valence-electron chi connectivity index (χ2n) is 8.05. The Balaban J connectivity index is 1.92. The lowest BCUT2D eigenvalue weighted by atomic mass is 10.0. The molecule has 0 radical (unpaired) electrons. The van der Waals surface area contributed by atoms with Crippen LogP contribution >= 0.6 is 11.6 Å². The van der Waals surface area contributed by atoms with Crippen LogP contribution in [-0.4, -0.2) is 9.55 Å². The number of fused-ring (bicyclic) bond motifs is 9. The van der Waals surface area contributed by atoms with Gasteiger partial charge in [-0.05, 0) is 30.5 Å². The number of nitrogens with zero attached hydrogens (tertiary/aromatic N) is 1. The van der Waals surface area contributed by atoms with Crippen LogP contribution in [0.5, 0.6) is 0 Å². The highest BCUT2D eigenvalue weighted by atomic mass is 35.5. The number of halogens is 1. The van der Waals surface area contributed by atoms with E-state index in [-0.39, 0.29) is 0 Å². The van der Waals surface area contributed by atoms with E-state index in [1.165, 1.54) is 32.3 Å². The predicted octanol–water partition coefficient (Wildman–Crippen LogP) is 8.75. The first-order valence-corrected chi connectivity index (χ1v) is 11.1. The zero-order valence-corrected chi connectivity index (χ0v) is 18.4. The van der Waals surface area contributed by atoms with Gasteiger partial charge in [0.25, 0.3) is 0 Å². The summed E-state index contributed by atoms with van der Waals surface area (Å²) in [5.74, 6) is 0. The average Bonchev–Trinajstić information content (AvgIpc) is 3.35. The molecule has 0 aliphatic carbocycles. The second kappa shape index (κ2) is 7.15. The SMILES string of the molecule is C=C(Cl)/C(=C\C=C/C)n1c2ccccc2c2ccc3ccc4c5ccccc5[nH]c4c3c21. The summed E-state index contributed by atoms with van der Waals surface area (Å²) in [7, 11) is 0. The number of benzene rings is 4. The number of hydrogen-bond donors (Lipinski definition) is 1. The van der Waals surface area contributed by atoms with Gasteiger partial charge in [-0.15, -0.1) is 0 Å². The highest BCUT2D eigenvalue weighted by Crippen LogP contribution is 2.41. The van der Waals surface area contributed by atoms with Crippen LogP contribution in [0.25, 0.3) is 60.1 Å². The van der Waals surface area contributed by atoms with Crippen LogP contribution < -0.4 is 0 Å². The molecule has 0 saturated carbocycles. The second-order valence-corrected chi connectivity index (χ2v) is 8.51. The van der Waals surface area contributed by atoms with E-state index < -0.39 is 0 Å². The Morgan fingerprint density at radius 2 is 1.59 bits per heavy atom. The number of rotatable bonds is 3. The van der Waals surface area contributed by atoms with Gasteiger partial charge in [0.1, 0.15) is 0 Å². The lowest BCUT2D eigenvalue weighted by Crippen LogP contribution is -1.97. The van der Waals surface area contributed by atoms with Crippen molar-refractivity contribution in [3.8, 4) is 0 Å². The van der Waals surface area contributed by atoms with Crippen LogP contribution in [0.1, 0.15) is 6.92 Å². The predicted molar refractivity (Wildman–Crippen MR) is 140 cm³/mol. The topological polar surface area (TPSA) is 20.7 Å². The van der Waals surface area contributed by atoms with Crippen molar-refractivity contribution < 1.29 is 0 Å². The quantitative estimate of drug-likeness (QED) is 0.270. The molecule has 0 bridgehead atoms. The summed E-state index contributed by atoms with van der Waals surface area (Å²) in [4.78, 5) is 3.69. The van der Waals surface area contributed by atoms with Crippen LogP contribution in [0.15, 0.2) is 103 Å². The lowest BCUT2D eigenvalue weighted by molar-refractivity contribution is 1.24. The van der Waals surface area contributed by atoms with Gasteiger partial charge in [0.05, 0.1) is 27.3 Å². The van der Waals surface area contributed by atoms with Crippen LogP contribution in [0.2, 0.25) is 0 Å². The molecule has 6 rings (SSSR count). The van der Waals surface area contributed by atoms with Crippen molar-refractivity contribution in [1.82, 2.24) is 9.55 Å². The summed E-state index contributed by atoms with van der Waals surface area (Å²) in [5, 5.41) is 7.73. The monoisotopic (exact) mass is 432 g/mol. The fourth-order valence-corrected chi connectivity index (χ4v) is 5.05. The van der Waals surface area contributed by atoms with Crippen molar-refractivity contribution in [3.05, 3.63) is 103 Å². The maximum atomic E-state index is 6.58. The number of aromatic amines is 1. The highest BCUT2D eigenvalue weighted by molar-refractivity contribution is 6.37. The van der Waals surface area contributed by atoms with Crippen molar-refractivity contribution >= 4 is 71.7 Å². The fraction of sp³-hybridized carbons (Fsp3) is 0.0345. The minimum absolute atomic E-state index is 0.506. The maximum Gasteiger partial charge on any atom is 0.0642 e. The molecule has 2 aromatic heterocycles. The summed E-state index contributed by atoms with van der Waals surface area (Å²) < 4.78 is 2.26. The van der Waals surface area contributed by atoms with E-state index in [1.54, 1.807) is 0 Å². The molecule has 6 aromatic rings. The zero-order chi connectivity index (χ0) is 21.8. The standard InChI is InChI=1S/C29H21ClN2/c1-3-4-12-25(18(2)30)32-26-13-8-6-10-21(26)23-17-15-19-14-16-22-20-9-5-7-11-24(20)31-28(22)27(19)29(23)32/h3-17,31H,2H2,1H3/b4-3-,25-12+. The molecule has 32 heavy (non-hydrogen) atoms. The first-order chi connectivity index (χ1) is 15.7. The molecule has 0 spiro atoms. The van der Waals surface area contributed by atoms with Gasteiger partial charge in [-0.3, -0.25) is 0 Å². The number of aromatic nitrogens is 2. The van der Waals surface area contributed by atoms with E-state index in [4.69, 9.17) is 11.6 Å². The van der Waals surface area contributed by atoms with Crippen LogP contribution in [0.3, 0.4) is 0 Å². The van der Waals surface area contributed by atoms with E-state index >= 15 is 0 Å². The highest BCUT2D eigenvalue weighted by Gasteiger charge is 2.19. The Hall–Kier alpha value is -3.75. The molecule has 0 unspecified atom stereocenters. The third-order valence-corrected chi connectivity index (χ3v) is 6.45. The van der Waals surface area contributed by atoms with Gasteiger partial charge in [0.2, 0.25) is 0 Å². The van der Waals surface area contributed by atoms with Gasteiger partial charge in [0.15, 0.2) is 0 Å². The normalized spacial score (nSPS) is 12.9. The van der Waals surface area contributed by atoms with Gasteiger partial charge in [-0.2, -0.15) is 0 Å². The van der Waals surface area contributed by atoms with Crippen LogP contribution in [0, 0.1) is 0 Å². The largest absolute Gasteiger partial charge is 0.354 e. The molecule has 4 aromatic carbocycles. The van der Waals surface area contributed by atoms with E-state index in [9.17, 15) is 0 Å².